The van der Waals surface area contributed by atoms with E-state index in [-0.39, 0.29) is 5.84 Å². The summed E-state index contributed by atoms with van der Waals surface area (Å²) in [6.45, 7) is 9.16. The van der Waals surface area contributed by atoms with Gasteiger partial charge < -0.3 is 15.7 Å². The molecule has 0 fully saturated rings. The number of hydrogen-bond donors (Lipinski definition) is 2. The summed E-state index contributed by atoms with van der Waals surface area (Å²) in [5.74, 6) is 1.65. The van der Waals surface area contributed by atoms with Gasteiger partial charge in [-0.25, -0.2) is 0 Å². The molecule has 3 N–H and O–H groups in total. The number of aryl methyl sites for hydroxylation is 2. The zero-order valence-electron chi connectivity index (χ0n) is 13.6. The minimum absolute atomic E-state index is 0.127. The number of hydrogen-bond acceptors (Lipinski definition) is 3. The number of oxime groups is 1. The first kappa shape index (κ1) is 17.3. The van der Waals surface area contributed by atoms with E-state index in [2.05, 4.69) is 19.0 Å². The summed E-state index contributed by atoms with van der Waals surface area (Å²) in [5.41, 5.74) is 8.39. The molecule has 21 heavy (non-hydrogen) atoms. The fourth-order valence-corrected chi connectivity index (χ4v) is 2.48. The van der Waals surface area contributed by atoms with E-state index in [0.29, 0.717) is 5.92 Å². The van der Waals surface area contributed by atoms with Gasteiger partial charge in [0.2, 0.25) is 0 Å². The molecule has 1 aromatic rings. The summed E-state index contributed by atoms with van der Waals surface area (Å²) in [5, 5.41) is 11.8. The molecular weight excluding hydrogens is 264 g/mol. The molecule has 118 valence electrons. The maximum atomic E-state index is 8.76. The van der Waals surface area contributed by atoms with Crippen molar-refractivity contribution in [2.24, 2.45) is 16.8 Å². The molecular formula is C17H28N2O2. The van der Waals surface area contributed by atoms with Crippen molar-refractivity contribution < 1.29 is 9.94 Å². The number of amidine groups is 1. The van der Waals surface area contributed by atoms with Crippen LogP contribution in [0.2, 0.25) is 0 Å². The van der Waals surface area contributed by atoms with Crippen LogP contribution in [0.4, 0.5) is 0 Å². The van der Waals surface area contributed by atoms with Crippen LogP contribution >= 0.6 is 0 Å². The van der Waals surface area contributed by atoms with Crippen LogP contribution in [0.1, 0.15) is 56.2 Å². The van der Waals surface area contributed by atoms with Crippen molar-refractivity contribution in [2.75, 3.05) is 6.61 Å². The van der Waals surface area contributed by atoms with E-state index in [4.69, 9.17) is 15.7 Å². The fourth-order valence-electron chi connectivity index (χ4n) is 2.48. The summed E-state index contributed by atoms with van der Waals surface area (Å²) in [6, 6.07) is 3.79. The number of rotatable bonds is 8. The van der Waals surface area contributed by atoms with Gasteiger partial charge in [0.05, 0.1) is 6.61 Å². The van der Waals surface area contributed by atoms with Crippen LogP contribution < -0.4 is 10.5 Å². The van der Waals surface area contributed by atoms with Crippen LogP contribution in [0.25, 0.3) is 0 Å². The number of unbranched alkanes of at least 4 members (excludes halogenated alkanes) is 1. The van der Waals surface area contributed by atoms with Crippen molar-refractivity contribution in [3.8, 4) is 5.75 Å². The number of nitrogens with two attached hydrogens (primary N) is 1. The lowest BCUT2D eigenvalue weighted by Gasteiger charge is -2.19. The Labute approximate surface area is 128 Å². The van der Waals surface area contributed by atoms with E-state index in [9.17, 15) is 0 Å². The predicted molar refractivity (Wildman–Crippen MR) is 87.2 cm³/mol. The van der Waals surface area contributed by atoms with Crippen LogP contribution in [0, 0.1) is 19.8 Å². The first-order chi connectivity index (χ1) is 10.0. The van der Waals surface area contributed by atoms with E-state index in [1.54, 1.807) is 0 Å². The van der Waals surface area contributed by atoms with Crippen LogP contribution in [0.3, 0.4) is 0 Å². The van der Waals surface area contributed by atoms with E-state index >= 15 is 0 Å². The lowest BCUT2D eigenvalue weighted by Crippen LogP contribution is -2.15. The summed E-state index contributed by atoms with van der Waals surface area (Å²) in [6.07, 6.45) is 4.83. The third kappa shape index (κ3) is 4.96. The molecule has 1 aromatic carbocycles. The summed E-state index contributed by atoms with van der Waals surface area (Å²) < 4.78 is 6.04. The minimum Gasteiger partial charge on any atom is -0.493 e. The van der Waals surface area contributed by atoms with Crippen LogP contribution in [0.5, 0.6) is 5.75 Å². The van der Waals surface area contributed by atoms with Crippen molar-refractivity contribution in [2.45, 2.75) is 53.4 Å². The average Bonchev–Trinajstić information content (AvgIpc) is 2.48. The molecule has 4 heteroatoms. The molecule has 0 aliphatic heterocycles. The van der Waals surface area contributed by atoms with Gasteiger partial charge in [-0.2, -0.15) is 0 Å². The van der Waals surface area contributed by atoms with E-state index in [0.717, 1.165) is 35.5 Å². The smallest absolute Gasteiger partial charge is 0.170 e. The SMILES string of the molecule is CCCCC(CC)COc1c(C)cc(C(N)=NO)cc1C. The Hall–Kier alpha value is -1.71. The topological polar surface area (TPSA) is 67.8 Å². The Morgan fingerprint density at radius 3 is 2.38 bits per heavy atom. The van der Waals surface area contributed by atoms with Gasteiger partial charge in [0.25, 0.3) is 0 Å². The Morgan fingerprint density at radius 1 is 1.29 bits per heavy atom. The molecule has 0 saturated carbocycles. The van der Waals surface area contributed by atoms with Gasteiger partial charge in [-0.05, 0) is 49.4 Å². The maximum Gasteiger partial charge on any atom is 0.170 e. The van der Waals surface area contributed by atoms with Gasteiger partial charge in [-0.1, -0.05) is 38.3 Å². The van der Waals surface area contributed by atoms with E-state index in [1.165, 1.54) is 19.3 Å². The summed E-state index contributed by atoms with van der Waals surface area (Å²) in [7, 11) is 0. The Balaban J connectivity index is 2.80. The number of nitrogens with zero attached hydrogens (tertiary/aromatic N) is 1. The van der Waals surface area contributed by atoms with Gasteiger partial charge in [-0.3, -0.25) is 0 Å². The third-order valence-electron chi connectivity index (χ3n) is 3.87. The highest BCUT2D eigenvalue weighted by Gasteiger charge is 2.12. The molecule has 0 saturated heterocycles. The molecule has 0 aliphatic carbocycles. The quantitative estimate of drug-likeness (QED) is 0.329. The first-order valence-corrected chi connectivity index (χ1v) is 7.75. The lowest BCUT2D eigenvalue weighted by atomic mass is 10.00. The second-order valence-electron chi connectivity index (χ2n) is 5.65. The molecule has 1 atom stereocenters. The summed E-state index contributed by atoms with van der Waals surface area (Å²) >= 11 is 0. The molecule has 4 nitrogen and oxygen atoms in total. The average molecular weight is 292 g/mol. The molecule has 0 amide bonds. The van der Waals surface area contributed by atoms with Crippen LogP contribution in [-0.4, -0.2) is 17.6 Å². The molecule has 0 spiro atoms. The highest BCUT2D eigenvalue weighted by atomic mass is 16.5. The Bertz CT molecular complexity index is 461. The third-order valence-corrected chi connectivity index (χ3v) is 3.87. The van der Waals surface area contributed by atoms with E-state index in [1.807, 2.05) is 26.0 Å². The number of benzene rings is 1. The Morgan fingerprint density at radius 2 is 1.90 bits per heavy atom. The van der Waals surface area contributed by atoms with Crippen LogP contribution in [0.15, 0.2) is 17.3 Å². The second-order valence-corrected chi connectivity index (χ2v) is 5.65. The minimum atomic E-state index is 0.127. The van der Waals surface area contributed by atoms with Gasteiger partial charge in [0.15, 0.2) is 5.84 Å². The fraction of sp³-hybridized carbons (Fsp3) is 0.588. The van der Waals surface area contributed by atoms with Crippen molar-refractivity contribution in [1.82, 2.24) is 0 Å². The van der Waals surface area contributed by atoms with Crippen molar-refractivity contribution >= 4 is 5.84 Å². The molecule has 0 bridgehead atoms. The van der Waals surface area contributed by atoms with Gasteiger partial charge in [0.1, 0.15) is 5.75 Å². The van der Waals surface area contributed by atoms with Crippen molar-refractivity contribution in [3.63, 3.8) is 0 Å². The molecule has 0 heterocycles. The van der Waals surface area contributed by atoms with Gasteiger partial charge in [-0.15, -0.1) is 0 Å². The normalized spacial score (nSPS) is 13.2. The van der Waals surface area contributed by atoms with Crippen molar-refractivity contribution in [1.29, 1.82) is 0 Å². The second kappa shape index (κ2) is 8.55. The monoisotopic (exact) mass is 292 g/mol. The van der Waals surface area contributed by atoms with Gasteiger partial charge in [0, 0.05) is 5.56 Å². The largest absolute Gasteiger partial charge is 0.493 e. The standard InChI is InChI=1S/C17H28N2O2/c1-5-7-8-14(6-2)11-21-16-12(3)9-15(10-13(16)4)17(18)19-20/h9-10,14,20H,5-8,11H2,1-4H3,(H2,18,19). The highest BCUT2D eigenvalue weighted by molar-refractivity contribution is 5.97. The summed E-state index contributed by atoms with van der Waals surface area (Å²) in [4.78, 5) is 0. The lowest BCUT2D eigenvalue weighted by molar-refractivity contribution is 0.231. The molecule has 0 aromatic heterocycles. The Kier molecular flexibility index (Phi) is 7.06. The van der Waals surface area contributed by atoms with Crippen LogP contribution in [-0.2, 0) is 0 Å². The van der Waals surface area contributed by atoms with Gasteiger partial charge >= 0.3 is 0 Å². The predicted octanol–water partition coefficient (Wildman–Crippen LogP) is 3.99. The molecule has 1 unspecified atom stereocenters. The molecule has 0 aliphatic rings. The molecule has 0 radical (unpaired) electrons. The highest BCUT2D eigenvalue weighted by Crippen LogP contribution is 2.26. The number of ether oxygens (including phenoxy) is 1. The molecule has 1 rings (SSSR count). The first-order valence-electron chi connectivity index (χ1n) is 7.75. The van der Waals surface area contributed by atoms with Crippen molar-refractivity contribution in [3.05, 3.63) is 28.8 Å². The zero-order valence-corrected chi connectivity index (χ0v) is 13.6. The zero-order chi connectivity index (χ0) is 15.8. The van der Waals surface area contributed by atoms with E-state index < -0.39 is 0 Å². The maximum absolute atomic E-state index is 8.76.